The average molecular weight is 356 g/mol. The van der Waals surface area contributed by atoms with Crippen LogP contribution in [-0.2, 0) is 10.5 Å². The van der Waals surface area contributed by atoms with Gasteiger partial charge in [-0.25, -0.2) is 4.98 Å². The predicted octanol–water partition coefficient (Wildman–Crippen LogP) is 3.12. The number of amides is 1. The minimum atomic E-state index is 0.0382. The minimum absolute atomic E-state index is 0.0382. The maximum Gasteiger partial charge on any atom is 0.216 e. The van der Waals surface area contributed by atoms with Crippen molar-refractivity contribution in [2.45, 2.75) is 30.5 Å². The van der Waals surface area contributed by atoms with Crippen LogP contribution in [0.4, 0.5) is 5.82 Å². The normalized spacial score (nSPS) is 17.3. The van der Waals surface area contributed by atoms with E-state index < -0.39 is 0 Å². The quantitative estimate of drug-likeness (QED) is 0.806. The Morgan fingerprint density at radius 2 is 2.16 bits per heavy atom. The van der Waals surface area contributed by atoms with Crippen molar-refractivity contribution in [2.24, 2.45) is 5.92 Å². The summed E-state index contributed by atoms with van der Waals surface area (Å²) < 4.78 is 0. The molecule has 1 aliphatic heterocycles. The molecule has 3 rings (SSSR count). The molecule has 1 aromatic carbocycles. The van der Waals surface area contributed by atoms with Crippen LogP contribution in [0.5, 0.6) is 0 Å². The molecule has 5 nitrogen and oxygen atoms in total. The highest BCUT2D eigenvalue weighted by Gasteiger charge is 2.21. The molecule has 1 N–H and O–H groups in total. The van der Waals surface area contributed by atoms with Gasteiger partial charge in [0.15, 0.2) is 0 Å². The van der Waals surface area contributed by atoms with E-state index in [9.17, 15) is 4.79 Å². The van der Waals surface area contributed by atoms with Crippen molar-refractivity contribution in [1.29, 1.82) is 0 Å². The van der Waals surface area contributed by atoms with Gasteiger partial charge in [0.05, 0.1) is 12.4 Å². The second-order valence-corrected chi connectivity index (χ2v) is 7.38. The first kappa shape index (κ1) is 17.7. The number of anilines is 1. The lowest BCUT2D eigenvalue weighted by atomic mass is 9.98. The van der Waals surface area contributed by atoms with Crippen LogP contribution in [0, 0.1) is 5.92 Å². The standard InChI is InChI=1S/C19H24N4OS/c1-15(24)21-10-17-8-5-9-23(13-17)18-11-20-12-19(22-18)25-14-16-6-3-2-4-7-16/h2-4,6-7,11-12,17H,5,8-10,13-14H2,1H3,(H,21,24). The molecule has 0 aliphatic carbocycles. The van der Waals surface area contributed by atoms with Crippen LogP contribution >= 0.6 is 11.8 Å². The van der Waals surface area contributed by atoms with Gasteiger partial charge in [0.25, 0.3) is 0 Å². The van der Waals surface area contributed by atoms with Gasteiger partial charge in [-0.3, -0.25) is 9.78 Å². The zero-order valence-electron chi connectivity index (χ0n) is 14.5. The number of nitrogens with one attached hydrogen (secondary N) is 1. The van der Waals surface area contributed by atoms with Crippen LogP contribution < -0.4 is 10.2 Å². The first-order chi connectivity index (χ1) is 12.2. The number of carbonyl (C=O) groups is 1. The van der Waals surface area contributed by atoms with Crippen LogP contribution in [0.1, 0.15) is 25.3 Å². The minimum Gasteiger partial charge on any atom is -0.356 e. The number of aromatic nitrogens is 2. The fraction of sp³-hybridized carbons (Fsp3) is 0.421. The number of thioether (sulfide) groups is 1. The molecule has 1 saturated heterocycles. The Bertz CT molecular complexity index is 695. The Labute approximate surface area is 153 Å². The van der Waals surface area contributed by atoms with E-state index in [2.05, 4.69) is 39.5 Å². The summed E-state index contributed by atoms with van der Waals surface area (Å²) in [6.07, 6.45) is 5.93. The Kier molecular flexibility index (Phi) is 6.28. The molecule has 0 spiro atoms. The maximum atomic E-state index is 11.1. The lowest BCUT2D eigenvalue weighted by Gasteiger charge is -2.33. The number of hydrogen-bond acceptors (Lipinski definition) is 5. The number of carbonyl (C=O) groups excluding carboxylic acids is 1. The Balaban J connectivity index is 1.59. The third-order valence-corrected chi connectivity index (χ3v) is 5.28. The summed E-state index contributed by atoms with van der Waals surface area (Å²) in [4.78, 5) is 22.6. The Morgan fingerprint density at radius 3 is 2.96 bits per heavy atom. The molecule has 1 aromatic heterocycles. The van der Waals surface area contributed by atoms with E-state index in [0.29, 0.717) is 5.92 Å². The fourth-order valence-electron chi connectivity index (χ4n) is 3.02. The van der Waals surface area contributed by atoms with Crippen LogP contribution in [0.2, 0.25) is 0 Å². The van der Waals surface area contributed by atoms with Crippen molar-refractivity contribution in [3.05, 3.63) is 48.3 Å². The van der Waals surface area contributed by atoms with E-state index in [1.165, 1.54) is 5.56 Å². The van der Waals surface area contributed by atoms with Crippen molar-refractivity contribution in [2.75, 3.05) is 24.5 Å². The van der Waals surface area contributed by atoms with Crippen LogP contribution in [0.3, 0.4) is 0 Å². The van der Waals surface area contributed by atoms with Crippen LogP contribution in [0.15, 0.2) is 47.8 Å². The topological polar surface area (TPSA) is 58.1 Å². The van der Waals surface area contributed by atoms with Gasteiger partial charge < -0.3 is 10.2 Å². The van der Waals surface area contributed by atoms with Crippen molar-refractivity contribution in [1.82, 2.24) is 15.3 Å². The highest BCUT2D eigenvalue weighted by atomic mass is 32.2. The Morgan fingerprint density at radius 1 is 1.32 bits per heavy atom. The van der Waals surface area contributed by atoms with Gasteiger partial charge in [-0.2, -0.15) is 0 Å². The van der Waals surface area contributed by atoms with Crippen molar-refractivity contribution < 1.29 is 4.79 Å². The van der Waals surface area contributed by atoms with E-state index in [4.69, 9.17) is 4.98 Å². The molecule has 132 valence electrons. The Hall–Kier alpha value is -2.08. The summed E-state index contributed by atoms with van der Waals surface area (Å²) in [5.74, 6) is 2.34. The van der Waals surface area contributed by atoms with E-state index >= 15 is 0 Å². The van der Waals surface area contributed by atoms with E-state index in [1.54, 1.807) is 18.7 Å². The number of nitrogens with zero attached hydrogens (tertiary/aromatic N) is 3. The van der Waals surface area contributed by atoms with Gasteiger partial charge in [-0.1, -0.05) is 30.3 Å². The molecule has 0 saturated carbocycles. The molecule has 25 heavy (non-hydrogen) atoms. The maximum absolute atomic E-state index is 11.1. The van der Waals surface area contributed by atoms with Gasteiger partial charge >= 0.3 is 0 Å². The van der Waals surface area contributed by atoms with E-state index in [0.717, 1.165) is 49.1 Å². The summed E-state index contributed by atoms with van der Waals surface area (Å²) in [7, 11) is 0. The molecule has 6 heteroatoms. The summed E-state index contributed by atoms with van der Waals surface area (Å²) in [6, 6.07) is 10.4. The van der Waals surface area contributed by atoms with Gasteiger partial charge in [0.2, 0.25) is 5.91 Å². The van der Waals surface area contributed by atoms with Crippen molar-refractivity contribution in [3.8, 4) is 0 Å². The molecule has 1 unspecified atom stereocenters. The molecule has 0 radical (unpaired) electrons. The fourth-order valence-corrected chi connectivity index (χ4v) is 3.82. The summed E-state index contributed by atoms with van der Waals surface area (Å²) >= 11 is 1.71. The highest BCUT2D eigenvalue weighted by Crippen LogP contribution is 2.25. The third kappa shape index (κ3) is 5.46. The molecule has 2 heterocycles. The molecule has 0 bridgehead atoms. The van der Waals surface area contributed by atoms with Crippen LogP contribution in [-0.4, -0.2) is 35.5 Å². The first-order valence-corrected chi connectivity index (χ1v) is 9.67. The second-order valence-electron chi connectivity index (χ2n) is 6.38. The summed E-state index contributed by atoms with van der Waals surface area (Å²) in [5, 5.41) is 3.88. The van der Waals surface area contributed by atoms with Gasteiger partial charge in [-0.05, 0) is 24.3 Å². The lowest BCUT2D eigenvalue weighted by molar-refractivity contribution is -0.119. The molecule has 1 atom stereocenters. The molecular formula is C19H24N4OS. The van der Waals surface area contributed by atoms with Gasteiger partial charge in [-0.15, -0.1) is 11.8 Å². The monoisotopic (exact) mass is 356 g/mol. The second kappa shape index (κ2) is 8.85. The zero-order valence-corrected chi connectivity index (χ0v) is 15.3. The number of benzene rings is 1. The molecule has 1 amide bonds. The van der Waals surface area contributed by atoms with Crippen molar-refractivity contribution >= 4 is 23.5 Å². The van der Waals surface area contributed by atoms with Gasteiger partial charge in [0.1, 0.15) is 10.8 Å². The zero-order chi connectivity index (χ0) is 17.5. The first-order valence-electron chi connectivity index (χ1n) is 8.69. The SMILES string of the molecule is CC(=O)NCC1CCCN(c2cncc(SCc3ccccc3)n2)C1. The molecular weight excluding hydrogens is 332 g/mol. The number of hydrogen-bond donors (Lipinski definition) is 1. The van der Waals surface area contributed by atoms with E-state index in [1.807, 2.05) is 18.5 Å². The smallest absolute Gasteiger partial charge is 0.216 e. The number of piperidine rings is 1. The highest BCUT2D eigenvalue weighted by molar-refractivity contribution is 7.98. The molecule has 1 aliphatic rings. The predicted molar refractivity (Wildman–Crippen MR) is 102 cm³/mol. The molecule has 1 fully saturated rings. The summed E-state index contributed by atoms with van der Waals surface area (Å²) in [6.45, 7) is 4.22. The largest absolute Gasteiger partial charge is 0.356 e. The average Bonchev–Trinajstić information content (AvgIpc) is 2.66. The molecule has 2 aromatic rings. The van der Waals surface area contributed by atoms with Gasteiger partial charge in [0, 0.05) is 32.3 Å². The third-order valence-electron chi connectivity index (χ3n) is 4.31. The number of rotatable bonds is 6. The van der Waals surface area contributed by atoms with Crippen molar-refractivity contribution in [3.63, 3.8) is 0 Å². The lowest BCUT2D eigenvalue weighted by Crippen LogP contribution is -2.41. The van der Waals surface area contributed by atoms with E-state index in [-0.39, 0.29) is 5.91 Å². The summed E-state index contributed by atoms with van der Waals surface area (Å²) in [5.41, 5.74) is 1.29. The van der Waals surface area contributed by atoms with Crippen LogP contribution in [0.25, 0.3) is 0 Å².